The molecule has 1 aromatic heterocycles. The summed E-state index contributed by atoms with van der Waals surface area (Å²) in [6.45, 7) is 1.99. The number of benzene rings is 1. The second-order valence-corrected chi connectivity index (χ2v) is 6.26. The molecule has 1 aromatic carbocycles. The maximum absolute atomic E-state index is 12.1. The molecule has 1 atom stereocenters. The summed E-state index contributed by atoms with van der Waals surface area (Å²) in [4.78, 5) is 15.0. The number of nitrogens with one attached hydrogen (secondary N) is 1. The third-order valence-electron chi connectivity index (χ3n) is 3.50. The molecule has 0 bridgehead atoms. The molecule has 2 heterocycles. The first kappa shape index (κ1) is 14.7. The molecular formula is C16H13N3OS2. The maximum atomic E-state index is 12.1. The molecular weight excluding hydrogens is 314 g/mol. The molecule has 2 aromatic rings. The van der Waals surface area contributed by atoms with Crippen molar-refractivity contribution in [2.45, 2.75) is 13.1 Å². The summed E-state index contributed by atoms with van der Waals surface area (Å²) in [5.74, 6) is -0.393. The fourth-order valence-corrected chi connectivity index (χ4v) is 3.58. The number of hydrogen-bond donors (Lipinski definition) is 2. The Kier molecular flexibility index (Phi) is 3.92. The minimum Gasteiger partial charge on any atom is -0.326 e. The van der Waals surface area contributed by atoms with Gasteiger partial charge in [0.05, 0.1) is 5.03 Å². The second-order valence-electron chi connectivity index (χ2n) is 4.86. The summed E-state index contributed by atoms with van der Waals surface area (Å²) in [5.41, 5.74) is 1.99. The number of hydrogen-bond acceptors (Lipinski definition) is 5. The number of thiophene rings is 1. The summed E-state index contributed by atoms with van der Waals surface area (Å²) >= 11 is 6.02. The third kappa shape index (κ3) is 2.39. The van der Waals surface area contributed by atoms with Crippen molar-refractivity contribution in [1.29, 1.82) is 5.26 Å². The Morgan fingerprint density at radius 2 is 2.09 bits per heavy atom. The predicted molar refractivity (Wildman–Crippen MR) is 90.5 cm³/mol. The lowest BCUT2D eigenvalue weighted by molar-refractivity contribution is -0.118. The van der Waals surface area contributed by atoms with Crippen molar-refractivity contribution < 1.29 is 4.79 Å². The van der Waals surface area contributed by atoms with Crippen LogP contribution in [0.3, 0.4) is 0 Å². The van der Waals surface area contributed by atoms with Crippen LogP contribution in [0.4, 0.5) is 5.69 Å². The standard InChI is InChI=1S/C16H13N3OS2/c1-10-5-2-3-6-12(10)19-14(13-7-4-8-22-13)18-15(20)11(9-17)16(19)21/h2-8,14,21H,1H3,(H,18,20)/t14-/m1/s1. The van der Waals surface area contributed by atoms with Crippen molar-refractivity contribution in [2.24, 2.45) is 0 Å². The number of carbonyl (C=O) groups is 1. The lowest BCUT2D eigenvalue weighted by Crippen LogP contribution is -2.45. The first-order chi connectivity index (χ1) is 10.6. The van der Waals surface area contributed by atoms with Crippen molar-refractivity contribution in [2.75, 3.05) is 4.90 Å². The van der Waals surface area contributed by atoms with E-state index in [2.05, 4.69) is 17.9 Å². The van der Waals surface area contributed by atoms with Crippen LogP contribution in [0.15, 0.2) is 52.4 Å². The normalized spacial score (nSPS) is 18.1. The lowest BCUT2D eigenvalue weighted by Gasteiger charge is -2.38. The Labute approximate surface area is 138 Å². The molecule has 1 aliphatic rings. The highest BCUT2D eigenvalue weighted by atomic mass is 32.1. The Morgan fingerprint density at radius 1 is 1.32 bits per heavy atom. The van der Waals surface area contributed by atoms with E-state index in [9.17, 15) is 10.1 Å². The monoisotopic (exact) mass is 327 g/mol. The average Bonchev–Trinajstić information content (AvgIpc) is 3.02. The number of rotatable bonds is 2. The molecule has 4 nitrogen and oxygen atoms in total. The second kappa shape index (κ2) is 5.87. The van der Waals surface area contributed by atoms with Gasteiger partial charge in [0.15, 0.2) is 0 Å². The molecule has 0 saturated carbocycles. The van der Waals surface area contributed by atoms with Gasteiger partial charge in [-0.3, -0.25) is 4.79 Å². The van der Waals surface area contributed by atoms with Crippen LogP contribution in [-0.4, -0.2) is 5.91 Å². The molecule has 0 unspecified atom stereocenters. The zero-order valence-corrected chi connectivity index (χ0v) is 13.5. The van der Waals surface area contributed by atoms with Crippen molar-refractivity contribution in [3.8, 4) is 6.07 Å². The van der Waals surface area contributed by atoms with Crippen LogP contribution in [0.5, 0.6) is 0 Å². The van der Waals surface area contributed by atoms with E-state index in [1.54, 1.807) is 11.3 Å². The van der Waals surface area contributed by atoms with Gasteiger partial charge in [0, 0.05) is 10.6 Å². The fraction of sp³-hybridized carbons (Fsp3) is 0.125. The van der Waals surface area contributed by atoms with Gasteiger partial charge in [-0.2, -0.15) is 5.26 Å². The van der Waals surface area contributed by atoms with Crippen molar-refractivity contribution >= 4 is 35.6 Å². The van der Waals surface area contributed by atoms with Crippen molar-refractivity contribution in [3.05, 3.63) is 62.8 Å². The summed E-state index contributed by atoms with van der Waals surface area (Å²) in [5, 5.41) is 14.5. The number of nitrogens with zero attached hydrogens (tertiary/aromatic N) is 2. The van der Waals surface area contributed by atoms with Gasteiger partial charge in [-0.1, -0.05) is 24.3 Å². The smallest absolute Gasteiger partial charge is 0.266 e. The van der Waals surface area contributed by atoms with Gasteiger partial charge >= 0.3 is 0 Å². The largest absolute Gasteiger partial charge is 0.326 e. The van der Waals surface area contributed by atoms with Crippen LogP contribution in [-0.2, 0) is 4.79 Å². The lowest BCUT2D eigenvalue weighted by atomic mass is 10.1. The van der Waals surface area contributed by atoms with E-state index in [-0.39, 0.29) is 11.7 Å². The van der Waals surface area contributed by atoms with Crippen LogP contribution in [0, 0.1) is 18.3 Å². The summed E-state index contributed by atoms with van der Waals surface area (Å²) < 4.78 is 0. The number of nitriles is 1. The topological polar surface area (TPSA) is 56.1 Å². The highest BCUT2D eigenvalue weighted by Crippen LogP contribution is 2.38. The molecule has 0 fully saturated rings. The molecule has 0 saturated heterocycles. The molecule has 110 valence electrons. The highest BCUT2D eigenvalue weighted by Gasteiger charge is 2.34. The minimum absolute atomic E-state index is 0.0272. The van der Waals surface area contributed by atoms with Crippen LogP contribution < -0.4 is 10.2 Å². The van der Waals surface area contributed by atoms with E-state index < -0.39 is 5.91 Å². The number of thiol groups is 1. The quantitative estimate of drug-likeness (QED) is 0.832. The summed E-state index contributed by atoms with van der Waals surface area (Å²) in [7, 11) is 0. The van der Waals surface area contributed by atoms with Gasteiger partial charge in [-0.25, -0.2) is 0 Å². The molecule has 6 heteroatoms. The first-order valence-corrected chi connectivity index (χ1v) is 7.98. The average molecular weight is 327 g/mol. The first-order valence-electron chi connectivity index (χ1n) is 6.66. The molecule has 3 rings (SSSR count). The van der Waals surface area contributed by atoms with Gasteiger partial charge < -0.3 is 10.2 Å². The molecule has 0 aliphatic carbocycles. The molecule has 1 aliphatic heterocycles. The molecule has 1 N–H and O–H groups in total. The van der Waals surface area contributed by atoms with Crippen LogP contribution in [0.2, 0.25) is 0 Å². The van der Waals surface area contributed by atoms with Crippen molar-refractivity contribution in [1.82, 2.24) is 5.32 Å². The van der Waals surface area contributed by atoms with E-state index >= 15 is 0 Å². The zero-order valence-electron chi connectivity index (χ0n) is 11.8. The number of para-hydroxylation sites is 1. The fourth-order valence-electron chi connectivity index (χ4n) is 2.44. The van der Waals surface area contributed by atoms with Crippen molar-refractivity contribution in [3.63, 3.8) is 0 Å². The number of aryl methyl sites for hydroxylation is 1. The SMILES string of the molecule is Cc1ccccc1N1C(S)=C(C#N)C(=O)N[C@H]1c1cccs1. The Bertz CT molecular complexity index is 790. The van der Waals surface area contributed by atoms with Gasteiger partial charge in [-0.15, -0.1) is 24.0 Å². The van der Waals surface area contributed by atoms with Crippen LogP contribution >= 0.6 is 24.0 Å². The molecule has 1 amide bonds. The molecule has 0 radical (unpaired) electrons. The van der Waals surface area contributed by atoms with Crippen LogP contribution in [0.1, 0.15) is 16.6 Å². The van der Waals surface area contributed by atoms with E-state index in [0.29, 0.717) is 5.03 Å². The van der Waals surface area contributed by atoms with Crippen LogP contribution in [0.25, 0.3) is 0 Å². The van der Waals surface area contributed by atoms with E-state index in [1.165, 1.54) is 0 Å². The van der Waals surface area contributed by atoms with Gasteiger partial charge in [0.2, 0.25) is 0 Å². The van der Waals surface area contributed by atoms with E-state index in [4.69, 9.17) is 0 Å². The molecule has 22 heavy (non-hydrogen) atoms. The zero-order chi connectivity index (χ0) is 15.7. The third-order valence-corrected chi connectivity index (χ3v) is 4.87. The Hall–Kier alpha value is -2.23. The number of anilines is 1. The Balaban J connectivity index is 2.19. The summed E-state index contributed by atoms with van der Waals surface area (Å²) in [6.07, 6.45) is -0.363. The highest BCUT2D eigenvalue weighted by molar-refractivity contribution is 7.84. The number of carbonyl (C=O) groups excluding carboxylic acids is 1. The number of amides is 1. The summed E-state index contributed by atoms with van der Waals surface area (Å²) in [6, 6.07) is 13.7. The predicted octanol–water partition coefficient (Wildman–Crippen LogP) is 3.36. The van der Waals surface area contributed by atoms with Gasteiger partial charge in [0.1, 0.15) is 17.8 Å². The van der Waals surface area contributed by atoms with E-state index in [0.717, 1.165) is 16.1 Å². The Morgan fingerprint density at radius 3 is 2.73 bits per heavy atom. The van der Waals surface area contributed by atoms with Gasteiger partial charge in [-0.05, 0) is 30.0 Å². The van der Waals surface area contributed by atoms with E-state index in [1.807, 2.05) is 59.7 Å². The minimum atomic E-state index is -0.393. The van der Waals surface area contributed by atoms with Gasteiger partial charge in [0.25, 0.3) is 5.91 Å². The maximum Gasteiger partial charge on any atom is 0.266 e. The molecule has 0 spiro atoms.